The lowest BCUT2D eigenvalue weighted by atomic mass is 9.73. The molecule has 222 valence electrons. The van der Waals surface area contributed by atoms with Crippen molar-refractivity contribution in [2.45, 2.75) is 18.4 Å². The number of benzene rings is 6. The molecule has 0 spiro atoms. The monoisotopic (exact) mass is 602 g/mol. The smallest absolute Gasteiger partial charge is 0.231 e. The Hall–Kier alpha value is -6.00. The van der Waals surface area contributed by atoms with Gasteiger partial charge in [-0.15, -0.1) is 0 Å². The second-order valence-electron chi connectivity index (χ2n) is 12.8. The Kier molecular flexibility index (Phi) is 5.44. The third-order valence-corrected chi connectivity index (χ3v) is 10.2. The van der Waals surface area contributed by atoms with Crippen LogP contribution in [0, 0.1) is 0 Å². The predicted molar refractivity (Wildman–Crippen MR) is 194 cm³/mol. The summed E-state index contributed by atoms with van der Waals surface area (Å²) in [6.45, 7) is 2.33. The van der Waals surface area contributed by atoms with Gasteiger partial charge in [-0.05, 0) is 60.0 Å². The molecule has 0 bridgehead atoms. The van der Waals surface area contributed by atoms with Crippen LogP contribution in [0.15, 0.2) is 152 Å². The fraction of sp³-hybridized carbons (Fsp3) is 0.0698. The molecule has 3 heterocycles. The Morgan fingerprint density at radius 2 is 1.30 bits per heavy atom. The highest BCUT2D eigenvalue weighted by molar-refractivity contribution is 6.10. The van der Waals surface area contributed by atoms with Gasteiger partial charge in [0.1, 0.15) is 0 Å². The van der Waals surface area contributed by atoms with Crippen LogP contribution in [-0.4, -0.2) is 20.1 Å². The molecule has 1 aliphatic carbocycles. The summed E-state index contributed by atoms with van der Waals surface area (Å²) in [5, 5.41) is 3.50. The zero-order valence-electron chi connectivity index (χ0n) is 25.9. The minimum absolute atomic E-state index is 0.163. The highest BCUT2D eigenvalue weighted by atomic mass is 15.3. The third-order valence-electron chi connectivity index (χ3n) is 10.2. The van der Waals surface area contributed by atoms with Gasteiger partial charge in [0, 0.05) is 39.0 Å². The molecule has 2 unspecified atom stereocenters. The van der Waals surface area contributed by atoms with Crippen molar-refractivity contribution < 1.29 is 0 Å². The van der Waals surface area contributed by atoms with Gasteiger partial charge in [0.25, 0.3) is 0 Å². The molecule has 2 aromatic heterocycles. The van der Waals surface area contributed by atoms with Gasteiger partial charge in [-0.25, -0.2) is 9.97 Å². The number of fused-ring (bicyclic) bond motifs is 9. The summed E-state index contributed by atoms with van der Waals surface area (Å²) >= 11 is 0. The van der Waals surface area contributed by atoms with E-state index >= 15 is 0 Å². The van der Waals surface area contributed by atoms with Crippen molar-refractivity contribution in [3.05, 3.63) is 168 Å². The molecule has 4 heteroatoms. The maximum atomic E-state index is 5.48. The van der Waals surface area contributed by atoms with Gasteiger partial charge in [0.05, 0.1) is 27.8 Å². The number of rotatable bonds is 3. The number of hydrogen-bond acceptors (Lipinski definition) is 3. The zero-order valence-corrected chi connectivity index (χ0v) is 25.9. The quantitative estimate of drug-likeness (QED) is 0.202. The molecule has 0 fully saturated rings. The van der Waals surface area contributed by atoms with E-state index in [2.05, 4.69) is 174 Å². The van der Waals surface area contributed by atoms with E-state index in [-0.39, 0.29) is 11.5 Å². The largest absolute Gasteiger partial charge is 0.309 e. The maximum absolute atomic E-state index is 5.48. The molecule has 2 atom stereocenters. The van der Waals surface area contributed by atoms with Crippen molar-refractivity contribution in [3.63, 3.8) is 0 Å². The zero-order chi connectivity index (χ0) is 31.1. The van der Waals surface area contributed by atoms with Gasteiger partial charge < -0.3 is 4.57 Å². The van der Waals surface area contributed by atoms with Crippen LogP contribution in [0.2, 0.25) is 0 Å². The first-order valence-electron chi connectivity index (χ1n) is 16.2. The van der Waals surface area contributed by atoms with Gasteiger partial charge in [0.2, 0.25) is 5.95 Å². The molecule has 1 aliphatic heterocycles. The van der Waals surface area contributed by atoms with E-state index in [1.54, 1.807) is 0 Å². The molecular formula is C43H30N4. The SMILES string of the molecule is CC12C=Cc3ccccc3C1c1ccccc1N2c1nc(-c2ccc3c4ccccc4n(-c4ccccc4)c3c2)c2ccccc2n1. The van der Waals surface area contributed by atoms with E-state index in [4.69, 9.17) is 9.97 Å². The minimum atomic E-state index is -0.374. The Bertz CT molecular complexity index is 2560. The summed E-state index contributed by atoms with van der Waals surface area (Å²) in [5.41, 5.74) is 11.1. The molecular weight excluding hydrogens is 573 g/mol. The van der Waals surface area contributed by atoms with Crippen LogP contribution in [0.1, 0.15) is 29.5 Å². The molecule has 8 aromatic rings. The summed E-state index contributed by atoms with van der Waals surface area (Å²) in [6.07, 6.45) is 4.62. The average Bonchev–Trinajstić information content (AvgIpc) is 3.60. The van der Waals surface area contributed by atoms with Crippen LogP contribution in [0.3, 0.4) is 0 Å². The summed E-state index contributed by atoms with van der Waals surface area (Å²) < 4.78 is 2.37. The molecule has 0 saturated carbocycles. The van der Waals surface area contributed by atoms with Gasteiger partial charge in [0.15, 0.2) is 0 Å². The number of hydrogen-bond donors (Lipinski definition) is 0. The summed E-state index contributed by atoms with van der Waals surface area (Å²) in [6, 6.07) is 52.0. The van der Waals surface area contributed by atoms with Crippen LogP contribution in [0.25, 0.3) is 55.7 Å². The Morgan fingerprint density at radius 3 is 2.19 bits per heavy atom. The van der Waals surface area contributed by atoms with Crippen LogP contribution in [0.5, 0.6) is 0 Å². The van der Waals surface area contributed by atoms with Crippen molar-refractivity contribution in [1.82, 2.24) is 14.5 Å². The number of para-hydroxylation sites is 4. The van der Waals surface area contributed by atoms with E-state index in [1.165, 1.54) is 33.0 Å². The molecule has 0 radical (unpaired) electrons. The average molecular weight is 603 g/mol. The highest BCUT2D eigenvalue weighted by Gasteiger charge is 2.51. The van der Waals surface area contributed by atoms with E-state index in [1.807, 2.05) is 0 Å². The molecule has 0 saturated heterocycles. The second-order valence-corrected chi connectivity index (χ2v) is 12.8. The van der Waals surface area contributed by atoms with Gasteiger partial charge in [-0.3, -0.25) is 4.90 Å². The summed E-state index contributed by atoms with van der Waals surface area (Å²) in [4.78, 5) is 13.1. The van der Waals surface area contributed by atoms with Crippen LogP contribution in [-0.2, 0) is 0 Å². The lowest BCUT2D eigenvalue weighted by Gasteiger charge is -2.40. The lowest BCUT2D eigenvalue weighted by Crippen LogP contribution is -2.44. The standard InChI is InChI=1S/C43H30N4/c1-43-26-25-28-13-5-6-16-31(28)40(43)35-19-9-12-22-38(35)47(43)42-44-36-20-10-7-18-34(36)41(45-42)29-23-24-33-32-17-8-11-21-37(32)46(39(33)27-29)30-14-3-2-4-15-30/h2-27,40H,1H3. The first-order chi connectivity index (χ1) is 23.2. The molecule has 0 N–H and O–H groups in total. The molecule has 0 amide bonds. The van der Waals surface area contributed by atoms with Crippen molar-refractivity contribution in [2.75, 3.05) is 4.90 Å². The van der Waals surface area contributed by atoms with Crippen molar-refractivity contribution in [1.29, 1.82) is 0 Å². The first kappa shape index (κ1) is 26.2. The topological polar surface area (TPSA) is 34.0 Å². The third kappa shape index (κ3) is 3.70. The fourth-order valence-electron chi connectivity index (χ4n) is 8.16. The van der Waals surface area contributed by atoms with Crippen LogP contribution >= 0.6 is 0 Å². The normalized spacial score (nSPS) is 18.1. The van der Waals surface area contributed by atoms with E-state index in [0.717, 1.165) is 39.1 Å². The second kappa shape index (κ2) is 9.75. The van der Waals surface area contributed by atoms with Crippen molar-refractivity contribution >= 4 is 50.4 Å². The maximum Gasteiger partial charge on any atom is 0.231 e. The Morgan fingerprint density at radius 1 is 0.596 bits per heavy atom. The summed E-state index contributed by atoms with van der Waals surface area (Å²) in [5.74, 6) is 0.875. The minimum Gasteiger partial charge on any atom is -0.309 e. The van der Waals surface area contributed by atoms with Crippen molar-refractivity contribution in [2.24, 2.45) is 0 Å². The Labute approximate surface area is 272 Å². The van der Waals surface area contributed by atoms with Gasteiger partial charge >= 0.3 is 0 Å². The number of nitrogens with zero attached hydrogens (tertiary/aromatic N) is 4. The van der Waals surface area contributed by atoms with Gasteiger partial charge in [-0.2, -0.15) is 0 Å². The Balaban J connectivity index is 1.22. The predicted octanol–water partition coefficient (Wildman–Crippen LogP) is 10.5. The summed E-state index contributed by atoms with van der Waals surface area (Å²) in [7, 11) is 0. The van der Waals surface area contributed by atoms with Gasteiger partial charge in [-0.1, -0.05) is 121 Å². The molecule has 2 aliphatic rings. The van der Waals surface area contributed by atoms with Crippen LogP contribution in [0.4, 0.5) is 11.6 Å². The highest BCUT2D eigenvalue weighted by Crippen LogP contribution is 2.56. The molecule has 47 heavy (non-hydrogen) atoms. The molecule has 10 rings (SSSR count). The molecule has 4 nitrogen and oxygen atoms in total. The van der Waals surface area contributed by atoms with Crippen molar-refractivity contribution in [3.8, 4) is 16.9 Å². The fourth-order valence-corrected chi connectivity index (χ4v) is 8.16. The van der Waals surface area contributed by atoms with E-state index < -0.39 is 0 Å². The van der Waals surface area contributed by atoms with E-state index in [0.29, 0.717) is 5.95 Å². The van der Waals surface area contributed by atoms with E-state index in [9.17, 15) is 0 Å². The number of anilines is 2. The van der Waals surface area contributed by atoms with Crippen LogP contribution < -0.4 is 4.90 Å². The molecule has 6 aromatic carbocycles. The number of aromatic nitrogens is 3. The first-order valence-corrected chi connectivity index (χ1v) is 16.2. The lowest BCUT2D eigenvalue weighted by molar-refractivity contribution is 0.526.